The second-order valence-corrected chi connectivity index (χ2v) is 11.1. The first-order chi connectivity index (χ1) is 20.4. The van der Waals surface area contributed by atoms with E-state index in [1.54, 1.807) is 6.07 Å². The van der Waals surface area contributed by atoms with E-state index in [-0.39, 0.29) is 11.9 Å². The first-order valence-electron chi connectivity index (χ1n) is 14.4. The quantitative estimate of drug-likeness (QED) is 0.282. The van der Waals surface area contributed by atoms with Crippen LogP contribution in [0, 0.1) is 6.92 Å². The van der Waals surface area contributed by atoms with Gasteiger partial charge in [0.15, 0.2) is 5.76 Å². The van der Waals surface area contributed by atoms with Crippen LogP contribution in [-0.2, 0) is 14.9 Å². The maximum atomic E-state index is 13.1. The molecule has 0 radical (unpaired) electrons. The number of aromatic nitrogens is 2. The van der Waals surface area contributed by atoms with Gasteiger partial charge < -0.3 is 24.4 Å². The van der Waals surface area contributed by atoms with E-state index < -0.39 is 5.41 Å². The molecule has 6 rings (SSSR count). The van der Waals surface area contributed by atoms with Crippen molar-refractivity contribution in [2.45, 2.75) is 32.1 Å². The smallest absolute Gasteiger partial charge is 0.316 e. The second-order valence-electron chi connectivity index (χ2n) is 11.1. The molecular formula is C33H35N5O4. The summed E-state index contributed by atoms with van der Waals surface area (Å²) in [4.78, 5) is 34.2. The summed E-state index contributed by atoms with van der Waals surface area (Å²) in [6.07, 6.45) is 1.67. The fraction of sp³-hybridized carbons (Fsp3) is 0.333. The molecular weight excluding hydrogens is 530 g/mol. The van der Waals surface area contributed by atoms with Crippen molar-refractivity contribution in [2.24, 2.45) is 0 Å². The third-order valence-corrected chi connectivity index (χ3v) is 8.21. The number of anilines is 2. The molecule has 1 amide bonds. The number of hydrogen-bond donors (Lipinski definition) is 1. The number of nitrogens with one attached hydrogen (secondary N) is 1. The number of pyridine rings is 1. The van der Waals surface area contributed by atoms with Crippen LogP contribution < -0.4 is 5.32 Å². The molecule has 1 N–H and O–H groups in total. The molecule has 1 saturated heterocycles. The summed E-state index contributed by atoms with van der Waals surface area (Å²) in [5.74, 6) is 0.954. The minimum atomic E-state index is -0.474. The van der Waals surface area contributed by atoms with Gasteiger partial charge in [0, 0.05) is 31.7 Å². The van der Waals surface area contributed by atoms with Gasteiger partial charge in [0.1, 0.15) is 22.9 Å². The molecule has 42 heavy (non-hydrogen) atoms. The molecule has 0 unspecified atom stereocenters. The first kappa shape index (κ1) is 27.7. The maximum absolute atomic E-state index is 13.1. The fourth-order valence-electron chi connectivity index (χ4n) is 5.44. The Morgan fingerprint density at radius 3 is 2.21 bits per heavy atom. The highest BCUT2D eigenvalue weighted by atomic mass is 16.5. The van der Waals surface area contributed by atoms with E-state index in [0.29, 0.717) is 48.3 Å². The molecule has 9 heteroatoms. The number of nitrogens with zero attached hydrogens (tertiary/aromatic N) is 4. The van der Waals surface area contributed by atoms with E-state index in [1.165, 1.54) is 0 Å². The van der Waals surface area contributed by atoms with Crippen molar-refractivity contribution in [3.05, 3.63) is 83.7 Å². The Kier molecular flexibility index (Phi) is 7.51. The Morgan fingerprint density at radius 1 is 0.929 bits per heavy atom. The monoisotopic (exact) mass is 565 g/mol. The molecule has 0 bridgehead atoms. The number of amides is 1. The molecule has 1 aliphatic heterocycles. The number of esters is 1. The Labute approximate surface area is 245 Å². The number of aryl methyl sites for hydroxylation is 1. The van der Waals surface area contributed by atoms with Gasteiger partial charge in [0.05, 0.1) is 12.0 Å². The van der Waals surface area contributed by atoms with Crippen LogP contribution in [0.5, 0.6) is 0 Å². The largest absolute Gasteiger partial charge is 0.465 e. The standard InChI is InChI=1S/C33H35N5O4/c1-4-41-32(40)33(16-17-33)26-14-12-24(13-15-26)23-8-10-25(11-9-23)30-29(22(2)36-42-30)35-28-7-5-6-27(34-28)31(39)38-20-18-37(3)19-21-38/h5-15H,4,16-21H2,1-3H3,(H,34,35). The summed E-state index contributed by atoms with van der Waals surface area (Å²) < 4.78 is 11.0. The third kappa shape index (κ3) is 5.39. The Morgan fingerprint density at radius 2 is 1.57 bits per heavy atom. The predicted molar refractivity (Wildman–Crippen MR) is 161 cm³/mol. The lowest BCUT2D eigenvalue weighted by Crippen LogP contribution is -2.47. The summed E-state index contributed by atoms with van der Waals surface area (Å²) in [5, 5.41) is 7.52. The molecule has 4 aromatic rings. The van der Waals surface area contributed by atoms with Crippen molar-refractivity contribution in [1.82, 2.24) is 19.9 Å². The molecule has 216 valence electrons. The molecule has 2 aromatic carbocycles. The number of likely N-dealkylation sites (N-methyl/N-ethyl adjacent to an activating group) is 1. The second kappa shape index (κ2) is 11.4. The molecule has 0 spiro atoms. The Balaban J connectivity index is 1.18. The van der Waals surface area contributed by atoms with Crippen LogP contribution in [0.2, 0.25) is 0 Å². The van der Waals surface area contributed by atoms with Gasteiger partial charge in [0.25, 0.3) is 5.91 Å². The topological polar surface area (TPSA) is 101 Å². The number of piperazine rings is 1. The highest BCUT2D eigenvalue weighted by molar-refractivity contribution is 5.93. The highest BCUT2D eigenvalue weighted by Crippen LogP contribution is 2.49. The van der Waals surface area contributed by atoms with Crippen molar-refractivity contribution >= 4 is 23.4 Å². The van der Waals surface area contributed by atoms with Crippen molar-refractivity contribution < 1.29 is 18.8 Å². The number of benzene rings is 2. The van der Waals surface area contributed by atoms with Gasteiger partial charge in [-0.3, -0.25) is 9.59 Å². The van der Waals surface area contributed by atoms with Crippen LogP contribution >= 0.6 is 0 Å². The van der Waals surface area contributed by atoms with E-state index in [2.05, 4.69) is 39.5 Å². The lowest BCUT2D eigenvalue weighted by Gasteiger charge is -2.32. The predicted octanol–water partition coefficient (Wildman–Crippen LogP) is 5.44. The van der Waals surface area contributed by atoms with E-state index in [4.69, 9.17) is 9.26 Å². The van der Waals surface area contributed by atoms with Gasteiger partial charge in [-0.15, -0.1) is 0 Å². The summed E-state index contributed by atoms with van der Waals surface area (Å²) in [6.45, 7) is 7.20. The summed E-state index contributed by atoms with van der Waals surface area (Å²) in [5.41, 5.74) is 5.32. The highest BCUT2D eigenvalue weighted by Gasteiger charge is 2.52. The van der Waals surface area contributed by atoms with Crippen LogP contribution in [0.15, 0.2) is 71.3 Å². The Bertz CT molecular complexity index is 1580. The average molecular weight is 566 g/mol. The van der Waals surface area contributed by atoms with E-state index in [1.807, 2.05) is 67.3 Å². The van der Waals surface area contributed by atoms with Crippen LogP contribution in [0.4, 0.5) is 11.5 Å². The van der Waals surface area contributed by atoms with Crippen molar-refractivity contribution in [2.75, 3.05) is 45.2 Å². The molecule has 2 aromatic heterocycles. The van der Waals surface area contributed by atoms with E-state index in [9.17, 15) is 9.59 Å². The zero-order chi connectivity index (χ0) is 29.3. The van der Waals surface area contributed by atoms with Gasteiger partial charge >= 0.3 is 5.97 Å². The molecule has 1 aliphatic carbocycles. The molecule has 3 heterocycles. The van der Waals surface area contributed by atoms with Crippen LogP contribution in [-0.4, -0.2) is 71.7 Å². The lowest BCUT2D eigenvalue weighted by atomic mass is 9.93. The van der Waals surface area contributed by atoms with Crippen LogP contribution in [0.1, 0.15) is 41.5 Å². The molecule has 2 aliphatic rings. The van der Waals surface area contributed by atoms with E-state index >= 15 is 0 Å². The summed E-state index contributed by atoms with van der Waals surface area (Å²) in [6, 6.07) is 21.7. The van der Waals surface area contributed by atoms with Crippen LogP contribution in [0.3, 0.4) is 0 Å². The zero-order valence-electron chi connectivity index (χ0n) is 24.2. The third-order valence-electron chi connectivity index (χ3n) is 8.21. The zero-order valence-corrected chi connectivity index (χ0v) is 24.2. The Hall–Kier alpha value is -4.50. The molecule has 9 nitrogen and oxygen atoms in total. The molecule has 1 saturated carbocycles. The molecule has 2 fully saturated rings. The number of carbonyl (C=O) groups excluding carboxylic acids is 2. The maximum Gasteiger partial charge on any atom is 0.316 e. The van der Waals surface area contributed by atoms with Gasteiger partial charge in [-0.25, -0.2) is 4.98 Å². The number of hydrogen-bond acceptors (Lipinski definition) is 8. The lowest BCUT2D eigenvalue weighted by molar-refractivity contribution is -0.146. The van der Waals surface area contributed by atoms with Gasteiger partial charge in [0.2, 0.25) is 0 Å². The van der Waals surface area contributed by atoms with Crippen molar-refractivity contribution in [3.8, 4) is 22.5 Å². The first-order valence-corrected chi connectivity index (χ1v) is 14.4. The minimum Gasteiger partial charge on any atom is -0.465 e. The number of rotatable bonds is 8. The average Bonchev–Trinajstić information content (AvgIpc) is 3.76. The van der Waals surface area contributed by atoms with E-state index in [0.717, 1.165) is 48.2 Å². The van der Waals surface area contributed by atoms with Crippen LogP contribution in [0.25, 0.3) is 22.5 Å². The fourth-order valence-corrected chi connectivity index (χ4v) is 5.44. The summed E-state index contributed by atoms with van der Waals surface area (Å²) >= 11 is 0. The van der Waals surface area contributed by atoms with Gasteiger partial charge in [-0.2, -0.15) is 0 Å². The summed E-state index contributed by atoms with van der Waals surface area (Å²) in [7, 11) is 2.06. The number of carbonyl (C=O) groups is 2. The number of ether oxygens (including phenoxy) is 1. The minimum absolute atomic E-state index is 0.0640. The normalized spacial score (nSPS) is 16.2. The molecule has 0 atom stereocenters. The van der Waals surface area contributed by atoms with Gasteiger partial charge in [-0.05, 0) is 62.6 Å². The SMILES string of the molecule is CCOC(=O)C1(c2ccc(-c3ccc(-c4onc(C)c4Nc4cccc(C(=O)N5CCN(C)CC5)n4)cc3)cc2)CC1. The van der Waals surface area contributed by atoms with Gasteiger partial charge in [-0.1, -0.05) is 59.8 Å². The van der Waals surface area contributed by atoms with Crippen molar-refractivity contribution in [3.63, 3.8) is 0 Å². The van der Waals surface area contributed by atoms with Crippen molar-refractivity contribution in [1.29, 1.82) is 0 Å².